The summed E-state index contributed by atoms with van der Waals surface area (Å²) >= 11 is 6.60. The van der Waals surface area contributed by atoms with E-state index in [4.69, 9.17) is 25.8 Å². The van der Waals surface area contributed by atoms with Crippen molar-refractivity contribution < 1.29 is 27.4 Å². The minimum absolute atomic E-state index is 0.0317. The normalized spacial score (nSPS) is 11.0. The van der Waals surface area contributed by atoms with Crippen molar-refractivity contribution in [3.63, 3.8) is 0 Å². The summed E-state index contributed by atoms with van der Waals surface area (Å²) in [7, 11) is 0.409. The molecular formula is C15H16ClNO6S2. The number of carbonyl (C=O) groups excluding carboxylic acids is 1. The number of benzene rings is 1. The molecule has 25 heavy (non-hydrogen) atoms. The van der Waals surface area contributed by atoms with Crippen molar-refractivity contribution in [2.45, 2.75) is 10.6 Å². The molecule has 1 aromatic heterocycles. The standard InChI is InChI=1S/C15H16ClNO6S2/c1-21-10-6-9(7-11(22-2)15(10)23-3)8-13(18)17-25(19,20)14-5-4-12(16)24-14/h4-7H,8H2,1-3H3,(H,17,18). The van der Waals surface area contributed by atoms with Crippen molar-refractivity contribution in [1.29, 1.82) is 0 Å². The molecule has 0 fully saturated rings. The first-order valence-corrected chi connectivity index (χ1v) is 9.58. The van der Waals surface area contributed by atoms with Crippen LogP contribution in [0.4, 0.5) is 0 Å². The molecule has 10 heteroatoms. The largest absolute Gasteiger partial charge is 0.493 e. The van der Waals surface area contributed by atoms with Crippen molar-refractivity contribution in [2.24, 2.45) is 0 Å². The summed E-state index contributed by atoms with van der Waals surface area (Å²) in [4.78, 5) is 12.1. The molecule has 1 amide bonds. The molecule has 0 aliphatic carbocycles. The van der Waals surface area contributed by atoms with Crippen LogP contribution >= 0.6 is 22.9 Å². The van der Waals surface area contributed by atoms with Gasteiger partial charge >= 0.3 is 0 Å². The first-order chi connectivity index (χ1) is 11.8. The minimum atomic E-state index is -3.96. The van der Waals surface area contributed by atoms with Gasteiger partial charge in [0.25, 0.3) is 10.0 Å². The van der Waals surface area contributed by atoms with Crippen LogP contribution in [-0.4, -0.2) is 35.7 Å². The van der Waals surface area contributed by atoms with Crippen LogP contribution in [-0.2, 0) is 21.2 Å². The quantitative estimate of drug-likeness (QED) is 0.760. The maximum atomic E-state index is 12.1. The van der Waals surface area contributed by atoms with E-state index in [1.54, 1.807) is 12.1 Å². The fourth-order valence-electron chi connectivity index (χ4n) is 2.10. The topological polar surface area (TPSA) is 90.9 Å². The van der Waals surface area contributed by atoms with Crippen LogP contribution in [0.1, 0.15) is 5.56 Å². The first-order valence-electron chi connectivity index (χ1n) is 6.90. The van der Waals surface area contributed by atoms with Gasteiger partial charge in [-0.3, -0.25) is 4.79 Å². The highest BCUT2D eigenvalue weighted by Gasteiger charge is 2.21. The number of amides is 1. The van der Waals surface area contributed by atoms with Crippen molar-refractivity contribution in [3.8, 4) is 17.2 Å². The molecule has 1 heterocycles. The van der Waals surface area contributed by atoms with Crippen LogP contribution < -0.4 is 18.9 Å². The van der Waals surface area contributed by atoms with Gasteiger partial charge in [0.1, 0.15) is 4.21 Å². The van der Waals surface area contributed by atoms with Gasteiger partial charge in [0.05, 0.1) is 32.1 Å². The smallest absolute Gasteiger partial charge is 0.273 e. The Labute approximate surface area is 154 Å². The lowest BCUT2D eigenvalue weighted by Gasteiger charge is -2.14. The average Bonchev–Trinajstić information content (AvgIpc) is 3.00. The van der Waals surface area contributed by atoms with E-state index in [9.17, 15) is 13.2 Å². The fraction of sp³-hybridized carbons (Fsp3) is 0.267. The van der Waals surface area contributed by atoms with Gasteiger partial charge in [-0.2, -0.15) is 0 Å². The molecule has 0 saturated carbocycles. The van der Waals surface area contributed by atoms with Gasteiger partial charge in [-0.15, -0.1) is 11.3 Å². The predicted octanol–water partition coefficient (Wildman–Crippen LogP) is 2.47. The third-order valence-electron chi connectivity index (χ3n) is 3.15. The third kappa shape index (κ3) is 4.56. The van der Waals surface area contributed by atoms with Crippen molar-refractivity contribution in [2.75, 3.05) is 21.3 Å². The van der Waals surface area contributed by atoms with Crippen LogP contribution in [0.15, 0.2) is 28.5 Å². The Morgan fingerprint density at radius 1 is 1.12 bits per heavy atom. The molecule has 136 valence electrons. The van der Waals surface area contributed by atoms with Gasteiger partial charge in [-0.05, 0) is 29.8 Å². The van der Waals surface area contributed by atoms with Crippen molar-refractivity contribution in [3.05, 3.63) is 34.2 Å². The van der Waals surface area contributed by atoms with Crippen LogP contribution in [0.2, 0.25) is 4.34 Å². The highest BCUT2D eigenvalue weighted by molar-refractivity contribution is 7.92. The number of nitrogens with one attached hydrogen (secondary N) is 1. The zero-order valence-corrected chi connectivity index (χ0v) is 16.0. The summed E-state index contributed by atoms with van der Waals surface area (Å²) in [5, 5.41) is 0. The molecule has 0 atom stereocenters. The Hall–Kier alpha value is -1.97. The second-order valence-corrected chi connectivity index (χ2v) is 8.42. The monoisotopic (exact) mass is 405 g/mol. The van der Waals surface area contributed by atoms with E-state index in [-0.39, 0.29) is 10.6 Å². The number of thiophene rings is 1. The Balaban J connectivity index is 2.20. The molecule has 0 saturated heterocycles. The van der Waals surface area contributed by atoms with Gasteiger partial charge in [0.15, 0.2) is 11.5 Å². The molecule has 1 aromatic carbocycles. The second-order valence-electron chi connectivity index (χ2n) is 4.80. The molecule has 0 radical (unpaired) electrons. The molecule has 2 aromatic rings. The highest BCUT2D eigenvalue weighted by Crippen LogP contribution is 2.38. The Morgan fingerprint density at radius 2 is 1.72 bits per heavy atom. The number of sulfonamides is 1. The number of carbonyl (C=O) groups is 1. The highest BCUT2D eigenvalue weighted by atomic mass is 35.5. The molecule has 7 nitrogen and oxygen atoms in total. The summed E-state index contributed by atoms with van der Waals surface area (Å²) in [5.41, 5.74) is 0.506. The predicted molar refractivity (Wildman–Crippen MR) is 94.5 cm³/mol. The molecule has 1 N–H and O–H groups in total. The first kappa shape index (κ1) is 19.4. The lowest BCUT2D eigenvalue weighted by atomic mass is 10.1. The molecule has 0 spiro atoms. The van der Waals surface area contributed by atoms with E-state index in [1.165, 1.54) is 33.5 Å². The van der Waals surface area contributed by atoms with Crippen LogP contribution in [0.25, 0.3) is 0 Å². The SMILES string of the molecule is COc1cc(CC(=O)NS(=O)(=O)c2ccc(Cl)s2)cc(OC)c1OC. The van der Waals surface area contributed by atoms with E-state index < -0.39 is 15.9 Å². The molecule has 0 aliphatic rings. The van der Waals surface area contributed by atoms with E-state index in [2.05, 4.69) is 0 Å². The number of hydrogen-bond acceptors (Lipinski definition) is 7. The lowest BCUT2D eigenvalue weighted by Crippen LogP contribution is -2.31. The Kier molecular flexibility index (Phi) is 6.15. The van der Waals surface area contributed by atoms with E-state index in [1.807, 2.05) is 4.72 Å². The van der Waals surface area contributed by atoms with Gasteiger partial charge in [0, 0.05) is 0 Å². The number of hydrogen-bond donors (Lipinski definition) is 1. The summed E-state index contributed by atoms with van der Waals surface area (Å²) in [6, 6.07) is 5.94. The van der Waals surface area contributed by atoms with E-state index in [0.29, 0.717) is 27.1 Å². The summed E-state index contributed by atoms with van der Waals surface area (Å²) in [6.07, 6.45) is -0.185. The second kappa shape index (κ2) is 7.94. The molecule has 0 unspecified atom stereocenters. The third-order valence-corrected chi connectivity index (χ3v) is 6.25. The zero-order chi connectivity index (χ0) is 18.6. The number of rotatable bonds is 7. The van der Waals surface area contributed by atoms with E-state index >= 15 is 0 Å². The molecule has 2 rings (SSSR count). The summed E-state index contributed by atoms with van der Waals surface area (Å²) in [5.74, 6) is 0.434. The van der Waals surface area contributed by atoms with Crippen molar-refractivity contribution >= 4 is 38.9 Å². The summed E-state index contributed by atoms with van der Waals surface area (Å²) < 4.78 is 42.2. The Bertz CT molecular complexity index is 853. The van der Waals surface area contributed by atoms with Crippen LogP contribution in [0, 0.1) is 0 Å². The molecular weight excluding hydrogens is 390 g/mol. The summed E-state index contributed by atoms with van der Waals surface area (Å²) in [6.45, 7) is 0. The van der Waals surface area contributed by atoms with Gasteiger partial charge in [-0.1, -0.05) is 11.6 Å². The molecule has 0 bridgehead atoms. The minimum Gasteiger partial charge on any atom is -0.493 e. The van der Waals surface area contributed by atoms with Gasteiger partial charge < -0.3 is 14.2 Å². The lowest BCUT2D eigenvalue weighted by molar-refractivity contribution is -0.118. The van der Waals surface area contributed by atoms with Crippen LogP contribution in [0.3, 0.4) is 0 Å². The molecule has 0 aliphatic heterocycles. The van der Waals surface area contributed by atoms with Crippen LogP contribution in [0.5, 0.6) is 17.2 Å². The van der Waals surface area contributed by atoms with Crippen molar-refractivity contribution in [1.82, 2.24) is 4.72 Å². The average molecular weight is 406 g/mol. The zero-order valence-electron chi connectivity index (χ0n) is 13.7. The number of halogens is 1. The Morgan fingerprint density at radius 3 is 2.16 bits per heavy atom. The fourth-order valence-corrected chi connectivity index (χ4v) is 4.57. The van der Waals surface area contributed by atoms with Gasteiger partial charge in [-0.25, -0.2) is 13.1 Å². The van der Waals surface area contributed by atoms with Gasteiger partial charge in [0.2, 0.25) is 11.7 Å². The van der Waals surface area contributed by atoms with E-state index in [0.717, 1.165) is 11.3 Å². The maximum absolute atomic E-state index is 12.1. The maximum Gasteiger partial charge on any atom is 0.273 e. The number of methoxy groups -OCH3 is 3. The number of ether oxygens (including phenoxy) is 3.